The SMILES string of the molecule is CCCC[C@@H]1C=CCN1C(=O)c1cccc(-c2cncc(C(=O)O)n2)c1. The van der Waals surface area contributed by atoms with Crippen LogP contribution < -0.4 is 0 Å². The molecule has 134 valence electrons. The molecule has 1 aliphatic heterocycles. The highest BCUT2D eigenvalue weighted by Crippen LogP contribution is 2.22. The van der Waals surface area contributed by atoms with Crippen LogP contribution in [0.4, 0.5) is 0 Å². The first-order valence-electron chi connectivity index (χ1n) is 8.73. The lowest BCUT2D eigenvalue weighted by Gasteiger charge is -2.25. The molecule has 1 aromatic carbocycles. The van der Waals surface area contributed by atoms with E-state index in [0.29, 0.717) is 23.4 Å². The Morgan fingerprint density at radius 3 is 2.92 bits per heavy atom. The van der Waals surface area contributed by atoms with Crippen molar-refractivity contribution in [3.8, 4) is 11.3 Å². The summed E-state index contributed by atoms with van der Waals surface area (Å²) in [6, 6.07) is 7.23. The largest absolute Gasteiger partial charge is 0.476 e. The van der Waals surface area contributed by atoms with E-state index in [1.165, 1.54) is 12.4 Å². The van der Waals surface area contributed by atoms with E-state index in [-0.39, 0.29) is 17.6 Å². The predicted octanol–water partition coefficient (Wildman–Crippen LogP) is 3.41. The molecule has 0 aliphatic carbocycles. The average Bonchev–Trinajstić information content (AvgIpc) is 3.14. The van der Waals surface area contributed by atoms with Crippen LogP contribution in [0.25, 0.3) is 11.3 Å². The van der Waals surface area contributed by atoms with Crippen molar-refractivity contribution in [1.82, 2.24) is 14.9 Å². The van der Waals surface area contributed by atoms with Crippen LogP contribution >= 0.6 is 0 Å². The molecule has 26 heavy (non-hydrogen) atoms. The zero-order valence-electron chi connectivity index (χ0n) is 14.6. The van der Waals surface area contributed by atoms with Crippen molar-refractivity contribution < 1.29 is 14.7 Å². The highest BCUT2D eigenvalue weighted by molar-refractivity contribution is 5.96. The van der Waals surface area contributed by atoms with Gasteiger partial charge < -0.3 is 10.0 Å². The fourth-order valence-electron chi connectivity index (χ4n) is 3.06. The summed E-state index contributed by atoms with van der Waals surface area (Å²) >= 11 is 0. The summed E-state index contributed by atoms with van der Waals surface area (Å²) in [6.45, 7) is 2.76. The molecule has 1 aromatic heterocycles. The number of nitrogens with zero attached hydrogens (tertiary/aromatic N) is 3. The van der Waals surface area contributed by atoms with E-state index < -0.39 is 5.97 Å². The number of aromatic carboxylic acids is 1. The number of aromatic nitrogens is 2. The first-order chi connectivity index (χ1) is 12.6. The summed E-state index contributed by atoms with van der Waals surface area (Å²) in [5, 5.41) is 9.07. The highest BCUT2D eigenvalue weighted by atomic mass is 16.4. The Bertz CT molecular complexity index is 848. The van der Waals surface area contributed by atoms with Gasteiger partial charge in [0.1, 0.15) is 0 Å². The summed E-state index contributed by atoms with van der Waals surface area (Å²) in [5.74, 6) is -1.16. The van der Waals surface area contributed by atoms with Crippen LogP contribution in [0, 0.1) is 0 Å². The number of carbonyl (C=O) groups is 2. The van der Waals surface area contributed by atoms with Gasteiger partial charge in [-0.3, -0.25) is 9.78 Å². The first kappa shape index (κ1) is 17.8. The summed E-state index contributed by atoms with van der Waals surface area (Å²) in [6.07, 6.45) is 9.97. The Hall–Kier alpha value is -3.02. The van der Waals surface area contributed by atoms with E-state index in [4.69, 9.17) is 5.11 Å². The monoisotopic (exact) mass is 351 g/mol. The highest BCUT2D eigenvalue weighted by Gasteiger charge is 2.25. The third-order valence-corrected chi connectivity index (χ3v) is 4.43. The molecule has 1 aliphatic rings. The van der Waals surface area contributed by atoms with Crippen LogP contribution in [-0.2, 0) is 0 Å². The van der Waals surface area contributed by atoms with Crippen LogP contribution in [0.5, 0.6) is 0 Å². The third-order valence-electron chi connectivity index (χ3n) is 4.43. The van der Waals surface area contributed by atoms with Gasteiger partial charge in [-0.05, 0) is 18.6 Å². The summed E-state index contributed by atoms with van der Waals surface area (Å²) in [5.41, 5.74) is 1.54. The Morgan fingerprint density at radius 2 is 2.15 bits per heavy atom. The number of rotatable bonds is 6. The maximum absolute atomic E-state index is 12.9. The van der Waals surface area contributed by atoms with Crippen LogP contribution in [0.1, 0.15) is 47.0 Å². The molecule has 0 saturated carbocycles. The van der Waals surface area contributed by atoms with Crippen molar-refractivity contribution in [3.63, 3.8) is 0 Å². The van der Waals surface area contributed by atoms with Gasteiger partial charge in [0.25, 0.3) is 5.91 Å². The Kier molecular flexibility index (Phi) is 5.41. The molecule has 6 heteroatoms. The van der Waals surface area contributed by atoms with Gasteiger partial charge in [-0.1, -0.05) is 44.1 Å². The molecule has 1 N–H and O–H groups in total. The Morgan fingerprint density at radius 1 is 1.31 bits per heavy atom. The molecule has 2 aromatic rings. The molecule has 0 bridgehead atoms. The van der Waals surface area contributed by atoms with Crippen molar-refractivity contribution in [3.05, 3.63) is 60.1 Å². The van der Waals surface area contributed by atoms with E-state index in [1.54, 1.807) is 24.3 Å². The van der Waals surface area contributed by atoms with Gasteiger partial charge in [-0.2, -0.15) is 0 Å². The van der Waals surface area contributed by atoms with Gasteiger partial charge in [0, 0.05) is 17.7 Å². The maximum Gasteiger partial charge on any atom is 0.356 e. The lowest BCUT2D eigenvalue weighted by Crippen LogP contribution is -2.36. The average molecular weight is 351 g/mol. The summed E-state index contributed by atoms with van der Waals surface area (Å²) in [4.78, 5) is 33.9. The predicted molar refractivity (Wildman–Crippen MR) is 97.9 cm³/mol. The van der Waals surface area contributed by atoms with E-state index in [9.17, 15) is 9.59 Å². The lowest BCUT2D eigenvalue weighted by atomic mass is 10.1. The van der Waals surface area contributed by atoms with Crippen LogP contribution in [0.2, 0.25) is 0 Å². The molecule has 1 amide bonds. The summed E-state index contributed by atoms with van der Waals surface area (Å²) in [7, 11) is 0. The molecule has 2 heterocycles. The number of hydrogen-bond acceptors (Lipinski definition) is 4. The smallest absolute Gasteiger partial charge is 0.356 e. The molecule has 0 fully saturated rings. The number of carboxylic acids is 1. The normalized spacial score (nSPS) is 16.0. The topological polar surface area (TPSA) is 83.4 Å². The second-order valence-corrected chi connectivity index (χ2v) is 6.27. The molecule has 0 saturated heterocycles. The number of unbranched alkanes of at least 4 members (excludes halogenated alkanes) is 1. The number of amides is 1. The minimum absolute atomic E-state index is 0.0275. The van der Waals surface area contributed by atoms with Crippen LogP contribution in [0.3, 0.4) is 0 Å². The molecular formula is C20H21N3O3. The third kappa shape index (κ3) is 3.79. The fourth-order valence-corrected chi connectivity index (χ4v) is 3.06. The second kappa shape index (κ2) is 7.91. The van der Waals surface area contributed by atoms with Crippen molar-refractivity contribution in [2.75, 3.05) is 6.54 Å². The van der Waals surface area contributed by atoms with Crippen LogP contribution in [0.15, 0.2) is 48.8 Å². The van der Waals surface area contributed by atoms with E-state index in [1.807, 2.05) is 11.0 Å². The molecule has 3 rings (SSSR count). The van der Waals surface area contributed by atoms with Gasteiger partial charge in [0.15, 0.2) is 5.69 Å². The zero-order chi connectivity index (χ0) is 18.5. The van der Waals surface area contributed by atoms with E-state index in [0.717, 1.165) is 19.3 Å². The van der Waals surface area contributed by atoms with Crippen molar-refractivity contribution in [2.45, 2.75) is 32.2 Å². The number of benzene rings is 1. The Balaban J connectivity index is 1.84. The van der Waals surface area contributed by atoms with Gasteiger partial charge in [-0.25, -0.2) is 9.78 Å². The quantitative estimate of drug-likeness (QED) is 0.806. The number of carboxylic acid groups (broad SMARTS) is 1. The number of hydrogen-bond donors (Lipinski definition) is 1. The van der Waals surface area contributed by atoms with Gasteiger partial charge in [-0.15, -0.1) is 0 Å². The maximum atomic E-state index is 12.9. The summed E-state index contributed by atoms with van der Waals surface area (Å²) < 4.78 is 0. The molecule has 0 radical (unpaired) electrons. The van der Waals surface area contributed by atoms with Crippen LogP contribution in [-0.4, -0.2) is 44.4 Å². The fraction of sp³-hybridized carbons (Fsp3) is 0.300. The van der Waals surface area contributed by atoms with Gasteiger partial charge in [0.05, 0.1) is 24.1 Å². The molecule has 0 unspecified atom stereocenters. The zero-order valence-corrected chi connectivity index (χ0v) is 14.6. The standard InChI is InChI=1S/C20H21N3O3/c1-2-3-8-16-9-5-10-23(16)19(24)15-7-4-6-14(11-15)17-12-21-13-18(22-17)20(25)26/h4-7,9,11-13,16H,2-3,8,10H2,1H3,(H,25,26)/t16-/m1/s1. The molecule has 1 atom stereocenters. The van der Waals surface area contributed by atoms with Gasteiger partial charge >= 0.3 is 5.97 Å². The van der Waals surface area contributed by atoms with E-state index in [2.05, 4.69) is 23.0 Å². The Labute approximate surface area is 152 Å². The first-order valence-corrected chi connectivity index (χ1v) is 8.73. The molecule has 0 spiro atoms. The number of carbonyl (C=O) groups excluding carboxylic acids is 1. The molecular weight excluding hydrogens is 330 g/mol. The van der Waals surface area contributed by atoms with Gasteiger partial charge in [0.2, 0.25) is 0 Å². The van der Waals surface area contributed by atoms with E-state index >= 15 is 0 Å². The minimum Gasteiger partial charge on any atom is -0.476 e. The molecule has 6 nitrogen and oxygen atoms in total. The van der Waals surface area contributed by atoms with Crippen molar-refractivity contribution in [1.29, 1.82) is 0 Å². The van der Waals surface area contributed by atoms with Crippen molar-refractivity contribution in [2.24, 2.45) is 0 Å². The second-order valence-electron chi connectivity index (χ2n) is 6.27. The minimum atomic E-state index is -1.13. The van der Waals surface area contributed by atoms with Crippen molar-refractivity contribution >= 4 is 11.9 Å². The lowest BCUT2D eigenvalue weighted by molar-refractivity contribution is 0.0688.